The van der Waals surface area contributed by atoms with Crippen LogP contribution in [0.15, 0.2) is 55.1 Å². The van der Waals surface area contributed by atoms with Crippen LogP contribution in [0, 0.1) is 5.82 Å². The number of hydrogen-bond donors (Lipinski definition) is 1. The number of nitrogens with zero attached hydrogens (tertiary/aromatic N) is 10. The Hall–Kier alpha value is -5.01. The molecule has 4 saturated heterocycles. The van der Waals surface area contributed by atoms with Crippen molar-refractivity contribution < 1.29 is 14.0 Å². The summed E-state index contributed by atoms with van der Waals surface area (Å²) in [5, 5.41) is 20.0. The minimum atomic E-state index is -0.756. The molecule has 0 radical (unpaired) electrons. The van der Waals surface area contributed by atoms with E-state index in [1.807, 2.05) is 30.3 Å². The number of ketones is 1. The van der Waals surface area contributed by atoms with Crippen molar-refractivity contribution in [2.75, 3.05) is 18.0 Å². The number of anilines is 1. The summed E-state index contributed by atoms with van der Waals surface area (Å²) >= 11 is 0. The van der Waals surface area contributed by atoms with E-state index in [4.69, 9.17) is 0 Å². The number of para-hydroxylation sites is 1. The summed E-state index contributed by atoms with van der Waals surface area (Å²) in [6, 6.07) is 9.61. The Labute approximate surface area is 219 Å². The number of H-pyrrole nitrogens is 1. The number of aromatic nitrogens is 9. The van der Waals surface area contributed by atoms with Crippen LogP contribution < -0.4 is 4.90 Å². The van der Waals surface area contributed by atoms with E-state index in [1.165, 1.54) is 17.1 Å². The third-order valence-electron chi connectivity index (χ3n) is 8.29. The average molecular weight is 526 g/mol. The third kappa shape index (κ3) is 2.87. The first-order valence-electron chi connectivity index (χ1n) is 12.5. The van der Waals surface area contributed by atoms with Crippen molar-refractivity contribution >= 4 is 28.5 Å². The lowest BCUT2D eigenvalue weighted by Gasteiger charge is -2.64. The predicted molar refractivity (Wildman–Crippen MR) is 133 cm³/mol. The van der Waals surface area contributed by atoms with E-state index in [0.29, 0.717) is 19.0 Å². The van der Waals surface area contributed by atoms with Crippen LogP contribution in [-0.4, -0.2) is 85.9 Å². The highest BCUT2D eigenvalue weighted by atomic mass is 19.1. The highest BCUT2D eigenvalue weighted by molar-refractivity contribution is 6.45. The van der Waals surface area contributed by atoms with Crippen molar-refractivity contribution in [3.05, 3.63) is 66.5 Å². The van der Waals surface area contributed by atoms with Gasteiger partial charge in [-0.25, -0.2) is 14.1 Å². The fourth-order valence-electron chi connectivity index (χ4n) is 6.90. The summed E-state index contributed by atoms with van der Waals surface area (Å²) in [4.78, 5) is 38.2. The van der Waals surface area contributed by atoms with Gasteiger partial charge < -0.3 is 14.8 Å². The highest BCUT2D eigenvalue weighted by Crippen LogP contribution is 2.61. The van der Waals surface area contributed by atoms with Crippen molar-refractivity contribution in [1.29, 1.82) is 0 Å². The standard InChI is InChI=1S/C25H20FN11O2/c26-17-11-28-21(35-9-8-29-32-35)19-18(17)16(10-27-19)20(38)22(39)37-24-6-7-25(37,12-24)14-34(13-24)23-30-31-33-36(23)15-4-2-1-3-5-15/h1-5,8-11,27H,6-7,12-14H2/t24-,25?/m1/s1. The van der Waals surface area contributed by atoms with Crippen molar-refractivity contribution in [2.45, 2.75) is 30.3 Å². The fraction of sp³-hybridized carbons (Fsp3) is 0.280. The third-order valence-corrected chi connectivity index (χ3v) is 8.29. The quantitative estimate of drug-likeness (QED) is 0.266. The van der Waals surface area contributed by atoms with E-state index in [1.54, 1.807) is 15.8 Å². The summed E-state index contributed by atoms with van der Waals surface area (Å²) in [6.07, 6.45) is 7.77. The Balaban J connectivity index is 1.11. The molecule has 13 nitrogen and oxygen atoms in total. The van der Waals surface area contributed by atoms with Crippen LogP contribution in [0.3, 0.4) is 0 Å². The summed E-state index contributed by atoms with van der Waals surface area (Å²) in [6.45, 7) is 1.01. The van der Waals surface area contributed by atoms with Crippen LogP contribution in [0.2, 0.25) is 0 Å². The van der Waals surface area contributed by atoms with Gasteiger partial charge in [0.2, 0.25) is 0 Å². The maximum absolute atomic E-state index is 15.0. The number of tetrazole rings is 1. The van der Waals surface area contributed by atoms with Gasteiger partial charge in [-0.1, -0.05) is 28.5 Å². The van der Waals surface area contributed by atoms with Crippen molar-refractivity contribution in [3.8, 4) is 11.5 Å². The normalized spacial score (nSPS) is 23.3. The summed E-state index contributed by atoms with van der Waals surface area (Å²) in [5.41, 5.74) is 0.0629. The lowest BCUT2D eigenvalue weighted by atomic mass is 9.72. The topological polar surface area (TPSA) is 144 Å². The van der Waals surface area contributed by atoms with Crippen LogP contribution in [0.4, 0.5) is 10.3 Å². The molecule has 1 unspecified atom stereocenters. The van der Waals surface area contributed by atoms with Crippen LogP contribution >= 0.6 is 0 Å². The van der Waals surface area contributed by atoms with E-state index >= 15 is 0 Å². The first kappa shape index (κ1) is 22.0. The van der Waals surface area contributed by atoms with Gasteiger partial charge in [0, 0.05) is 19.3 Å². The molecule has 1 aliphatic carbocycles. The number of piperazine rings is 1. The number of fused-ring (bicyclic) bond motifs is 4. The number of Topliss-reactive ketones (excluding diaryl/α,β-unsaturated/α-hetero) is 1. The van der Waals surface area contributed by atoms with Crippen LogP contribution in [0.5, 0.6) is 0 Å². The van der Waals surface area contributed by atoms with E-state index in [9.17, 15) is 14.0 Å². The van der Waals surface area contributed by atoms with Crippen LogP contribution in [0.25, 0.3) is 22.4 Å². The highest BCUT2D eigenvalue weighted by Gasteiger charge is 2.73. The molecular weight excluding hydrogens is 505 g/mol. The van der Waals surface area contributed by atoms with Crippen molar-refractivity contribution in [1.82, 2.24) is 50.1 Å². The molecule has 1 saturated carbocycles. The molecule has 1 N–H and O–H groups in total. The second-order valence-electron chi connectivity index (χ2n) is 10.4. The fourth-order valence-corrected chi connectivity index (χ4v) is 6.90. The summed E-state index contributed by atoms with van der Waals surface area (Å²) < 4.78 is 18.0. The maximum atomic E-state index is 15.0. The Bertz CT molecular complexity index is 1760. The first-order chi connectivity index (χ1) is 19.0. The minimum Gasteiger partial charge on any atom is -0.357 e. The smallest absolute Gasteiger partial charge is 0.296 e. The van der Waals surface area contributed by atoms with Gasteiger partial charge >= 0.3 is 0 Å². The van der Waals surface area contributed by atoms with Gasteiger partial charge in [-0.15, -0.1) is 5.10 Å². The Morgan fingerprint density at radius 3 is 2.59 bits per heavy atom. The number of benzene rings is 1. The molecule has 0 spiro atoms. The SMILES string of the molecule is O=C(C(=O)N1C23CC[C@]1(CN(c1nnnn1-c1ccccc1)C2)C3)c1c[nH]c2c(-n3ccnn3)ncc(F)c12. The number of nitrogens with one attached hydrogen (secondary N) is 1. The van der Waals surface area contributed by atoms with Gasteiger partial charge in [-0.2, -0.15) is 4.68 Å². The number of rotatable bonds is 5. The van der Waals surface area contributed by atoms with Crippen molar-refractivity contribution in [2.24, 2.45) is 0 Å². The molecule has 14 heteroatoms. The zero-order valence-corrected chi connectivity index (χ0v) is 20.4. The molecule has 4 aromatic heterocycles. The zero-order valence-electron chi connectivity index (χ0n) is 20.4. The molecule has 2 bridgehead atoms. The van der Waals surface area contributed by atoms with Gasteiger partial charge in [0.05, 0.1) is 51.8 Å². The molecular formula is C25H20FN11O2. The molecule has 2 atom stereocenters. The number of aromatic amines is 1. The number of hydrogen-bond acceptors (Lipinski definition) is 9. The van der Waals surface area contributed by atoms with E-state index < -0.39 is 28.6 Å². The molecule has 1 aromatic carbocycles. The second-order valence-corrected chi connectivity index (χ2v) is 10.4. The molecule has 4 aliphatic heterocycles. The molecule has 10 rings (SSSR count). The van der Waals surface area contributed by atoms with Crippen LogP contribution in [-0.2, 0) is 4.79 Å². The first-order valence-corrected chi connectivity index (χ1v) is 12.5. The lowest BCUT2D eigenvalue weighted by molar-refractivity contribution is -0.158. The van der Waals surface area contributed by atoms with Crippen molar-refractivity contribution in [3.63, 3.8) is 0 Å². The minimum absolute atomic E-state index is 0.00513. The van der Waals surface area contributed by atoms with Gasteiger partial charge in [0.1, 0.15) is 0 Å². The second kappa shape index (κ2) is 7.52. The number of pyridine rings is 1. The largest absolute Gasteiger partial charge is 0.357 e. The molecule has 5 aromatic rings. The van der Waals surface area contributed by atoms with E-state index in [0.717, 1.165) is 31.1 Å². The zero-order chi connectivity index (χ0) is 26.4. The Morgan fingerprint density at radius 2 is 1.85 bits per heavy atom. The summed E-state index contributed by atoms with van der Waals surface area (Å²) in [5.74, 6) is -1.20. The van der Waals surface area contributed by atoms with Gasteiger partial charge in [-0.3, -0.25) is 9.59 Å². The maximum Gasteiger partial charge on any atom is 0.296 e. The Morgan fingerprint density at radius 1 is 1.05 bits per heavy atom. The van der Waals surface area contributed by atoms with Gasteiger partial charge in [0.25, 0.3) is 17.6 Å². The molecule has 8 heterocycles. The lowest BCUT2D eigenvalue weighted by Crippen LogP contribution is -2.80. The van der Waals surface area contributed by atoms with Crippen LogP contribution in [0.1, 0.15) is 29.6 Å². The molecule has 194 valence electrons. The molecule has 39 heavy (non-hydrogen) atoms. The molecule has 5 aliphatic rings. The molecule has 1 amide bonds. The number of amides is 1. The number of carbonyl (C=O) groups is 2. The predicted octanol–water partition coefficient (Wildman–Crippen LogP) is 1.46. The summed E-state index contributed by atoms with van der Waals surface area (Å²) in [7, 11) is 0. The molecule has 5 fully saturated rings. The number of halogens is 1. The monoisotopic (exact) mass is 525 g/mol. The average Bonchev–Trinajstić information content (AvgIpc) is 3.77. The van der Waals surface area contributed by atoms with E-state index in [2.05, 4.69) is 40.7 Å². The number of piperidine rings is 1. The van der Waals surface area contributed by atoms with Gasteiger partial charge in [-0.05, 0) is 41.8 Å². The number of carbonyl (C=O) groups excluding carboxylic acids is 2. The van der Waals surface area contributed by atoms with Gasteiger partial charge in [0.15, 0.2) is 11.6 Å². The van der Waals surface area contributed by atoms with E-state index in [-0.39, 0.29) is 22.3 Å². The Kier molecular flexibility index (Phi) is 4.25.